The zero-order valence-electron chi connectivity index (χ0n) is 12.7. The number of carbonyl (C=O) groups excluding carboxylic acids is 1. The number of carbonyl (C=O) groups is 1. The molecule has 1 heterocycles. The van der Waals surface area contributed by atoms with Crippen molar-refractivity contribution in [2.45, 2.75) is 6.54 Å². The van der Waals surface area contributed by atoms with Crippen molar-refractivity contribution in [3.63, 3.8) is 0 Å². The van der Waals surface area contributed by atoms with Crippen LogP contribution in [0.2, 0.25) is 0 Å². The van der Waals surface area contributed by atoms with Gasteiger partial charge in [-0.2, -0.15) is 0 Å². The van der Waals surface area contributed by atoms with Crippen molar-refractivity contribution in [1.29, 1.82) is 0 Å². The molecule has 4 nitrogen and oxygen atoms in total. The first-order chi connectivity index (χ1) is 11.3. The smallest absolute Gasteiger partial charge is 0.271 e. The zero-order chi connectivity index (χ0) is 16.1. The fourth-order valence-electron chi connectivity index (χ4n) is 2.11. The van der Waals surface area contributed by atoms with E-state index in [4.69, 9.17) is 4.74 Å². The van der Waals surface area contributed by atoms with Gasteiger partial charge < -0.3 is 10.1 Å². The summed E-state index contributed by atoms with van der Waals surface area (Å²) in [5.74, 6) is 0.631. The second kappa shape index (κ2) is 7.07. The molecule has 0 aliphatic rings. The van der Waals surface area contributed by atoms with Crippen LogP contribution < -0.4 is 10.1 Å². The molecule has 0 unspecified atom stereocenters. The number of aromatic nitrogens is 1. The van der Waals surface area contributed by atoms with E-state index in [0.717, 1.165) is 21.9 Å². The van der Waals surface area contributed by atoms with Gasteiger partial charge in [-0.15, -0.1) is 11.3 Å². The van der Waals surface area contributed by atoms with Crippen molar-refractivity contribution in [2.24, 2.45) is 0 Å². The number of rotatable bonds is 5. The zero-order valence-corrected chi connectivity index (χ0v) is 13.5. The van der Waals surface area contributed by atoms with Crippen LogP contribution >= 0.6 is 11.3 Å². The number of nitrogens with one attached hydrogen (secondary N) is 1. The molecule has 0 saturated carbocycles. The SMILES string of the molecule is COc1ccc(CNC(=O)c2csc(-c3ccccc3)n2)cc1. The first-order valence-corrected chi connectivity index (χ1v) is 8.06. The van der Waals surface area contributed by atoms with Gasteiger partial charge in [-0.1, -0.05) is 42.5 Å². The second-order valence-corrected chi connectivity index (χ2v) is 5.79. The van der Waals surface area contributed by atoms with Crippen LogP contribution in [0.15, 0.2) is 60.0 Å². The maximum absolute atomic E-state index is 12.2. The van der Waals surface area contributed by atoms with E-state index in [1.165, 1.54) is 11.3 Å². The lowest BCUT2D eigenvalue weighted by molar-refractivity contribution is 0.0946. The Kier molecular flexibility index (Phi) is 4.68. The largest absolute Gasteiger partial charge is 0.497 e. The molecule has 0 bridgehead atoms. The number of nitrogens with zero attached hydrogens (tertiary/aromatic N) is 1. The Hall–Kier alpha value is -2.66. The van der Waals surface area contributed by atoms with Crippen LogP contribution in [0.3, 0.4) is 0 Å². The quantitative estimate of drug-likeness (QED) is 0.777. The van der Waals surface area contributed by atoms with Gasteiger partial charge in [-0.25, -0.2) is 4.98 Å². The third-order valence-corrected chi connectivity index (χ3v) is 4.26. The molecule has 0 atom stereocenters. The van der Waals surface area contributed by atoms with Crippen LogP contribution in [-0.4, -0.2) is 18.0 Å². The van der Waals surface area contributed by atoms with Gasteiger partial charge in [-0.05, 0) is 17.7 Å². The van der Waals surface area contributed by atoms with Gasteiger partial charge in [-0.3, -0.25) is 4.79 Å². The average Bonchev–Trinajstić information content (AvgIpc) is 3.11. The molecule has 1 N–H and O–H groups in total. The van der Waals surface area contributed by atoms with E-state index in [1.54, 1.807) is 12.5 Å². The van der Waals surface area contributed by atoms with Crippen molar-refractivity contribution >= 4 is 17.2 Å². The van der Waals surface area contributed by atoms with Gasteiger partial charge in [0.15, 0.2) is 0 Å². The molecule has 0 aliphatic carbocycles. The molecule has 0 fully saturated rings. The van der Waals surface area contributed by atoms with Crippen LogP contribution in [0, 0.1) is 0 Å². The number of hydrogen-bond acceptors (Lipinski definition) is 4. The summed E-state index contributed by atoms with van der Waals surface area (Å²) in [6, 6.07) is 17.4. The van der Waals surface area contributed by atoms with Gasteiger partial charge in [0.25, 0.3) is 5.91 Å². The summed E-state index contributed by atoms with van der Waals surface area (Å²) in [4.78, 5) is 16.6. The summed E-state index contributed by atoms with van der Waals surface area (Å²) < 4.78 is 5.11. The molecule has 116 valence electrons. The minimum Gasteiger partial charge on any atom is -0.497 e. The van der Waals surface area contributed by atoms with Gasteiger partial charge in [0, 0.05) is 17.5 Å². The Balaban J connectivity index is 1.63. The topological polar surface area (TPSA) is 51.2 Å². The van der Waals surface area contributed by atoms with Crippen LogP contribution in [0.5, 0.6) is 5.75 Å². The first kappa shape index (κ1) is 15.2. The lowest BCUT2D eigenvalue weighted by Gasteiger charge is -2.05. The number of hydrogen-bond donors (Lipinski definition) is 1. The van der Waals surface area contributed by atoms with Crippen LogP contribution in [-0.2, 0) is 6.54 Å². The maximum Gasteiger partial charge on any atom is 0.271 e. The molecule has 0 saturated heterocycles. The molecular formula is C18H16N2O2S. The van der Waals surface area contributed by atoms with Crippen molar-refractivity contribution in [2.75, 3.05) is 7.11 Å². The average molecular weight is 324 g/mol. The fraction of sp³-hybridized carbons (Fsp3) is 0.111. The predicted molar refractivity (Wildman–Crippen MR) is 91.7 cm³/mol. The van der Waals surface area contributed by atoms with Gasteiger partial charge in [0.1, 0.15) is 16.5 Å². The van der Waals surface area contributed by atoms with E-state index in [2.05, 4.69) is 10.3 Å². The van der Waals surface area contributed by atoms with E-state index < -0.39 is 0 Å². The summed E-state index contributed by atoms with van der Waals surface area (Å²) in [5.41, 5.74) is 2.48. The summed E-state index contributed by atoms with van der Waals surface area (Å²) in [6.45, 7) is 0.459. The Bertz CT molecular complexity index is 782. The molecule has 1 aromatic heterocycles. The van der Waals surface area contributed by atoms with E-state index >= 15 is 0 Å². The van der Waals surface area contributed by atoms with E-state index in [-0.39, 0.29) is 5.91 Å². The summed E-state index contributed by atoms with van der Waals surface area (Å²) in [5, 5.41) is 5.51. The van der Waals surface area contributed by atoms with Gasteiger partial charge >= 0.3 is 0 Å². The number of ether oxygens (including phenoxy) is 1. The standard InChI is InChI=1S/C18H16N2O2S/c1-22-15-9-7-13(8-10-15)11-19-17(21)16-12-23-18(20-16)14-5-3-2-4-6-14/h2-10,12H,11H2,1H3,(H,19,21). The molecule has 0 radical (unpaired) electrons. The second-order valence-electron chi connectivity index (χ2n) is 4.93. The van der Waals surface area contributed by atoms with E-state index in [1.807, 2.05) is 54.6 Å². The molecule has 1 amide bonds. The highest BCUT2D eigenvalue weighted by molar-refractivity contribution is 7.13. The van der Waals surface area contributed by atoms with Crippen LogP contribution in [0.25, 0.3) is 10.6 Å². The van der Waals surface area contributed by atoms with Crippen LogP contribution in [0.4, 0.5) is 0 Å². The van der Waals surface area contributed by atoms with Crippen LogP contribution in [0.1, 0.15) is 16.1 Å². The van der Waals surface area contributed by atoms with E-state index in [0.29, 0.717) is 12.2 Å². The Morgan fingerprint density at radius 3 is 2.57 bits per heavy atom. The van der Waals surface area contributed by atoms with E-state index in [9.17, 15) is 4.79 Å². The third-order valence-electron chi connectivity index (χ3n) is 3.37. The lowest BCUT2D eigenvalue weighted by Crippen LogP contribution is -2.23. The Labute approximate surface area is 138 Å². The highest BCUT2D eigenvalue weighted by Crippen LogP contribution is 2.23. The Morgan fingerprint density at radius 1 is 1.13 bits per heavy atom. The molecular weight excluding hydrogens is 308 g/mol. The maximum atomic E-state index is 12.2. The number of benzene rings is 2. The molecule has 5 heteroatoms. The van der Waals surface area contributed by atoms with Crippen molar-refractivity contribution in [1.82, 2.24) is 10.3 Å². The summed E-state index contributed by atoms with van der Waals surface area (Å²) in [6.07, 6.45) is 0. The summed E-state index contributed by atoms with van der Waals surface area (Å²) >= 11 is 1.47. The monoisotopic (exact) mass is 324 g/mol. The van der Waals surface area contributed by atoms with Crippen molar-refractivity contribution in [3.05, 3.63) is 71.2 Å². The molecule has 0 aliphatic heterocycles. The number of amides is 1. The molecule has 23 heavy (non-hydrogen) atoms. The van der Waals surface area contributed by atoms with Gasteiger partial charge in [0.05, 0.1) is 7.11 Å². The number of thiazole rings is 1. The highest BCUT2D eigenvalue weighted by atomic mass is 32.1. The van der Waals surface area contributed by atoms with Crippen molar-refractivity contribution in [3.8, 4) is 16.3 Å². The molecule has 3 rings (SSSR count). The third kappa shape index (κ3) is 3.76. The number of methoxy groups -OCH3 is 1. The molecule has 3 aromatic rings. The van der Waals surface area contributed by atoms with Gasteiger partial charge in [0.2, 0.25) is 0 Å². The normalized spacial score (nSPS) is 10.3. The lowest BCUT2D eigenvalue weighted by atomic mass is 10.2. The molecule has 2 aromatic carbocycles. The first-order valence-electron chi connectivity index (χ1n) is 7.18. The Morgan fingerprint density at radius 2 is 1.87 bits per heavy atom. The molecule has 0 spiro atoms. The minimum absolute atomic E-state index is 0.167. The predicted octanol–water partition coefficient (Wildman–Crippen LogP) is 3.75. The van der Waals surface area contributed by atoms with Crippen molar-refractivity contribution < 1.29 is 9.53 Å². The highest BCUT2D eigenvalue weighted by Gasteiger charge is 2.11. The summed E-state index contributed by atoms with van der Waals surface area (Å²) in [7, 11) is 1.63. The minimum atomic E-state index is -0.167. The fourth-order valence-corrected chi connectivity index (χ4v) is 2.91.